The number of hydrogen-bond donors (Lipinski definition) is 1. The van der Waals surface area contributed by atoms with E-state index in [4.69, 9.17) is 4.74 Å². The number of nitrogens with zero attached hydrogens (tertiary/aromatic N) is 2. The van der Waals surface area contributed by atoms with Crippen LogP contribution in [0.2, 0.25) is 0 Å². The second kappa shape index (κ2) is 9.84. The Morgan fingerprint density at radius 3 is 2.42 bits per heavy atom. The van der Waals surface area contributed by atoms with E-state index in [1.165, 1.54) is 37.1 Å². The van der Waals surface area contributed by atoms with Gasteiger partial charge < -0.3 is 15.0 Å². The number of benzene rings is 1. The number of hydrogen-bond acceptors (Lipinski definition) is 4. The molecule has 0 aromatic heterocycles. The van der Waals surface area contributed by atoms with Gasteiger partial charge in [-0.1, -0.05) is 37.5 Å². The van der Waals surface area contributed by atoms with Gasteiger partial charge in [0.25, 0.3) is 0 Å². The Balaban J connectivity index is 2.16. The fraction of sp³-hybridized carbons (Fsp3) is 0.522. The zero-order chi connectivity index (χ0) is 24.3. The summed E-state index contributed by atoms with van der Waals surface area (Å²) in [6.07, 6.45) is -0.409. The van der Waals surface area contributed by atoms with Gasteiger partial charge in [-0.25, -0.2) is 19.3 Å². The first kappa shape index (κ1) is 24.6. The maximum Gasteiger partial charge on any atom is 0.416 e. The molecule has 0 bridgehead atoms. The first-order chi connectivity index (χ1) is 15.6. The summed E-state index contributed by atoms with van der Waals surface area (Å²) in [5.74, 6) is -0.893. The number of urea groups is 2. The van der Waals surface area contributed by atoms with Crippen LogP contribution in [-0.2, 0) is 15.7 Å². The molecular formula is C23H28F3N3O4. The maximum absolute atomic E-state index is 13.9. The number of alkyl halides is 3. The zero-order valence-corrected chi connectivity index (χ0v) is 18.9. The van der Waals surface area contributed by atoms with Crippen LogP contribution in [0.4, 0.5) is 22.8 Å². The molecule has 10 heteroatoms. The second-order valence-corrected chi connectivity index (χ2v) is 8.23. The van der Waals surface area contributed by atoms with Crippen molar-refractivity contribution < 1.29 is 32.3 Å². The summed E-state index contributed by atoms with van der Waals surface area (Å²) in [6.45, 7) is 2.95. The van der Waals surface area contributed by atoms with Crippen molar-refractivity contribution in [2.45, 2.75) is 64.2 Å². The van der Waals surface area contributed by atoms with E-state index < -0.39 is 35.8 Å². The van der Waals surface area contributed by atoms with Gasteiger partial charge in [0, 0.05) is 18.8 Å². The summed E-state index contributed by atoms with van der Waals surface area (Å²) in [5, 5.41) is 2.45. The molecule has 1 aromatic rings. The zero-order valence-electron chi connectivity index (χ0n) is 18.9. The van der Waals surface area contributed by atoms with Gasteiger partial charge in [-0.2, -0.15) is 13.2 Å². The van der Waals surface area contributed by atoms with E-state index in [9.17, 15) is 27.6 Å². The molecule has 180 valence electrons. The number of nitrogens with one attached hydrogen (secondary N) is 1. The van der Waals surface area contributed by atoms with Gasteiger partial charge >= 0.3 is 24.2 Å². The molecule has 1 heterocycles. The smallest absolute Gasteiger partial charge is 0.416 e. The van der Waals surface area contributed by atoms with Crippen LogP contribution < -0.4 is 5.32 Å². The molecule has 4 amide bonds. The molecule has 7 nitrogen and oxygen atoms in total. The van der Waals surface area contributed by atoms with Crippen molar-refractivity contribution in [3.05, 3.63) is 46.7 Å². The molecule has 33 heavy (non-hydrogen) atoms. The van der Waals surface area contributed by atoms with Crippen LogP contribution in [0.3, 0.4) is 0 Å². The average molecular weight is 467 g/mol. The van der Waals surface area contributed by atoms with E-state index in [-0.39, 0.29) is 29.5 Å². The fourth-order valence-electron chi connectivity index (χ4n) is 4.49. The number of carbonyl (C=O) groups is 3. The first-order valence-electron chi connectivity index (χ1n) is 11.0. The van der Waals surface area contributed by atoms with E-state index >= 15 is 0 Å². The monoisotopic (exact) mass is 467 g/mol. The molecule has 0 radical (unpaired) electrons. The van der Waals surface area contributed by atoms with E-state index in [0.717, 1.165) is 38.2 Å². The number of carbonyl (C=O) groups excluding carboxylic acids is 3. The number of imide groups is 1. The standard InChI is InChI=1S/C23H28F3N3O4/c1-4-33-20(30)18-14(2)27-21(31)29(22(32)28(3)15-10-6-5-7-11-15)19(18)16-12-8-9-13-17(16)23(24,25)26/h8-9,12-13,15,19H,4-7,10-11H2,1-3H3,(H,27,31). The molecule has 1 aliphatic heterocycles. The Morgan fingerprint density at radius 1 is 1.18 bits per heavy atom. The predicted molar refractivity (Wildman–Crippen MR) is 114 cm³/mol. The van der Waals surface area contributed by atoms with Crippen LogP contribution in [0.1, 0.15) is 63.1 Å². The van der Waals surface area contributed by atoms with Gasteiger partial charge in [0.15, 0.2) is 0 Å². The molecule has 3 rings (SSSR count). The van der Waals surface area contributed by atoms with Crippen LogP contribution in [0.25, 0.3) is 0 Å². The molecule has 1 atom stereocenters. The van der Waals surface area contributed by atoms with Crippen LogP contribution in [0.5, 0.6) is 0 Å². The van der Waals surface area contributed by atoms with Gasteiger partial charge in [-0.3, -0.25) is 0 Å². The van der Waals surface area contributed by atoms with Gasteiger partial charge in [0.2, 0.25) is 0 Å². The number of rotatable bonds is 4. The molecule has 1 unspecified atom stereocenters. The maximum atomic E-state index is 13.9. The Kier molecular flexibility index (Phi) is 7.34. The Labute approximate surface area is 190 Å². The fourth-order valence-corrected chi connectivity index (χ4v) is 4.49. The van der Waals surface area contributed by atoms with E-state index in [1.807, 2.05) is 0 Å². The summed E-state index contributed by atoms with van der Waals surface area (Å²) < 4.78 is 46.8. The summed E-state index contributed by atoms with van der Waals surface area (Å²) >= 11 is 0. The highest BCUT2D eigenvalue weighted by atomic mass is 19.4. The molecule has 2 aliphatic rings. The molecular weight excluding hydrogens is 439 g/mol. The van der Waals surface area contributed by atoms with Crippen molar-refractivity contribution in [2.75, 3.05) is 13.7 Å². The minimum Gasteiger partial charge on any atom is -0.463 e. The third-order valence-electron chi connectivity index (χ3n) is 6.14. The summed E-state index contributed by atoms with van der Waals surface area (Å²) in [7, 11) is 1.54. The number of allylic oxidation sites excluding steroid dienone is 1. The first-order valence-corrected chi connectivity index (χ1v) is 11.0. The van der Waals surface area contributed by atoms with Crippen molar-refractivity contribution in [1.29, 1.82) is 0 Å². The lowest BCUT2D eigenvalue weighted by molar-refractivity contribution is -0.141. The van der Waals surface area contributed by atoms with Crippen LogP contribution in [0.15, 0.2) is 35.5 Å². The van der Waals surface area contributed by atoms with Crippen LogP contribution in [0, 0.1) is 0 Å². The second-order valence-electron chi connectivity index (χ2n) is 8.23. The minimum absolute atomic E-state index is 0.0207. The normalized spacial score (nSPS) is 19.9. The minimum atomic E-state index is -4.76. The third-order valence-corrected chi connectivity index (χ3v) is 6.14. The van der Waals surface area contributed by atoms with E-state index in [0.29, 0.717) is 4.90 Å². The summed E-state index contributed by atoms with van der Waals surface area (Å²) in [4.78, 5) is 41.5. The van der Waals surface area contributed by atoms with Crippen LogP contribution >= 0.6 is 0 Å². The van der Waals surface area contributed by atoms with Crippen molar-refractivity contribution >= 4 is 18.0 Å². The number of halogens is 3. The van der Waals surface area contributed by atoms with Crippen molar-refractivity contribution in [1.82, 2.24) is 15.1 Å². The van der Waals surface area contributed by atoms with Gasteiger partial charge in [-0.05, 0) is 38.3 Å². The molecule has 1 fully saturated rings. The number of ether oxygens (including phenoxy) is 1. The quantitative estimate of drug-likeness (QED) is 0.633. The third kappa shape index (κ3) is 4.99. The molecule has 0 saturated heterocycles. The van der Waals surface area contributed by atoms with E-state index in [2.05, 4.69) is 5.32 Å². The molecule has 1 saturated carbocycles. The molecule has 1 aromatic carbocycles. The predicted octanol–water partition coefficient (Wildman–Crippen LogP) is 4.99. The summed E-state index contributed by atoms with van der Waals surface area (Å²) in [5.41, 5.74) is -1.56. The van der Waals surface area contributed by atoms with Gasteiger partial charge in [-0.15, -0.1) is 0 Å². The van der Waals surface area contributed by atoms with Crippen molar-refractivity contribution in [3.8, 4) is 0 Å². The Bertz CT molecular complexity index is 955. The molecule has 1 aliphatic carbocycles. The summed E-state index contributed by atoms with van der Waals surface area (Å²) in [6, 6.07) is 1.25. The van der Waals surface area contributed by atoms with Crippen molar-refractivity contribution in [2.24, 2.45) is 0 Å². The highest BCUT2D eigenvalue weighted by molar-refractivity contribution is 6.01. The van der Waals surface area contributed by atoms with Crippen LogP contribution in [-0.4, -0.2) is 47.5 Å². The topological polar surface area (TPSA) is 79.0 Å². The van der Waals surface area contributed by atoms with Crippen molar-refractivity contribution in [3.63, 3.8) is 0 Å². The highest BCUT2D eigenvalue weighted by Gasteiger charge is 2.47. The SMILES string of the molecule is CCOC(=O)C1=C(C)NC(=O)N(C(=O)N(C)C2CCCCC2)C1c1ccccc1C(F)(F)F. The lowest BCUT2D eigenvalue weighted by atomic mass is 9.90. The van der Waals surface area contributed by atoms with Gasteiger partial charge in [0.05, 0.1) is 17.7 Å². The number of amides is 4. The average Bonchev–Trinajstić information content (AvgIpc) is 2.77. The Morgan fingerprint density at radius 2 is 1.82 bits per heavy atom. The van der Waals surface area contributed by atoms with Gasteiger partial charge in [0.1, 0.15) is 6.04 Å². The van der Waals surface area contributed by atoms with E-state index in [1.54, 1.807) is 6.92 Å². The Hall–Kier alpha value is -3.04. The largest absolute Gasteiger partial charge is 0.463 e. The lowest BCUT2D eigenvalue weighted by Crippen LogP contribution is -2.56. The molecule has 1 N–H and O–H groups in total. The lowest BCUT2D eigenvalue weighted by Gasteiger charge is -2.41. The number of esters is 1. The molecule has 0 spiro atoms. The highest BCUT2D eigenvalue weighted by Crippen LogP contribution is 2.42.